The fourth-order valence-corrected chi connectivity index (χ4v) is 3.30. The van der Waals surface area contributed by atoms with E-state index >= 15 is 0 Å². The van der Waals surface area contributed by atoms with Crippen LogP contribution in [0.15, 0.2) is 66.9 Å². The molecule has 28 heavy (non-hydrogen) atoms. The summed E-state index contributed by atoms with van der Waals surface area (Å²) in [4.78, 5) is 31.1. The van der Waals surface area contributed by atoms with E-state index in [0.717, 1.165) is 17.7 Å². The topological polar surface area (TPSA) is 62.3 Å². The van der Waals surface area contributed by atoms with Crippen molar-refractivity contribution in [1.82, 2.24) is 10.3 Å². The number of nitrogens with zero attached hydrogens (tertiary/aromatic N) is 2. The molecule has 6 heteroatoms. The average molecular weight is 375 g/mol. The molecule has 4 rings (SSSR count). The quantitative estimate of drug-likeness (QED) is 0.761. The highest BCUT2D eigenvalue weighted by molar-refractivity contribution is 6.07. The Bertz CT molecular complexity index is 1050. The maximum absolute atomic E-state index is 13.7. The van der Waals surface area contributed by atoms with E-state index in [2.05, 4.69) is 10.3 Å². The molecule has 0 bridgehead atoms. The van der Waals surface area contributed by atoms with Gasteiger partial charge in [0.2, 0.25) is 0 Å². The lowest BCUT2D eigenvalue weighted by Crippen LogP contribution is -2.30. The van der Waals surface area contributed by atoms with Crippen LogP contribution in [-0.4, -0.2) is 23.3 Å². The monoisotopic (exact) mass is 375 g/mol. The van der Waals surface area contributed by atoms with E-state index in [1.54, 1.807) is 23.1 Å². The molecule has 3 aromatic rings. The Labute approximate surface area is 161 Å². The van der Waals surface area contributed by atoms with Crippen molar-refractivity contribution in [1.29, 1.82) is 0 Å². The van der Waals surface area contributed by atoms with E-state index in [9.17, 15) is 14.0 Å². The number of rotatable bonds is 4. The number of halogens is 1. The zero-order valence-corrected chi connectivity index (χ0v) is 15.1. The van der Waals surface area contributed by atoms with E-state index in [-0.39, 0.29) is 29.9 Å². The molecule has 0 fully saturated rings. The molecule has 5 nitrogen and oxygen atoms in total. The summed E-state index contributed by atoms with van der Waals surface area (Å²) in [5.41, 5.74) is 2.91. The number of carbonyl (C=O) groups excluding carboxylic acids is 2. The maximum Gasteiger partial charge on any atom is 0.276 e. The number of hydrogen-bond acceptors (Lipinski definition) is 3. The molecule has 0 saturated heterocycles. The lowest BCUT2D eigenvalue weighted by atomic mass is 10.1. The summed E-state index contributed by atoms with van der Waals surface area (Å²) in [5, 5.41) is 2.68. The van der Waals surface area contributed by atoms with Crippen molar-refractivity contribution >= 4 is 17.5 Å². The van der Waals surface area contributed by atoms with Crippen LogP contribution in [0.5, 0.6) is 0 Å². The normalized spacial score (nSPS) is 12.5. The van der Waals surface area contributed by atoms with Crippen LogP contribution >= 0.6 is 0 Å². The van der Waals surface area contributed by atoms with Gasteiger partial charge in [0.15, 0.2) is 0 Å². The van der Waals surface area contributed by atoms with Gasteiger partial charge in [-0.15, -0.1) is 0 Å². The lowest BCUT2D eigenvalue weighted by molar-refractivity contribution is 0.0950. The van der Waals surface area contributed by atoms with Crippen molar-refractivity contribution in [3.05, 3.63) is 95.1 Å². The van der Waals surface area contributed by atoms with E-state index in [0.29, 0.717) is 17.7 Å². The molecule has 0 unspecified atom stereocenters. The third kappa shape index (κ3) is 3.49. The van der Waals surface area contributed by atoms with Crippen LogP contribution in [-0.2, 0) is 13.0 Å². The Morgan fingerprint density at radius 3 is 2.71 bits per heavy atom. The first kappa shape index (κ1) is 17.9. The number of aromatic nitrogens is 1. The van der Waals surface area contributed by atoms with Crippen molar-refractivity contribution in [3.63, 3.8) is 0 Å². The Hall–Kier alpha value is -3.54. The molecular formula is C22H18FN3O2. The largest absolute Gasteiger partial charge is 0.348 e. The number of carbonyl (C=O) groups is 2. The number of anilines is 1. The number of benzene rings is 2. The summed E-state index contributed by atoms with van der Waals surface area (Å²) in [5.74, 6) is -1.00. The number of pyridine rings is 1. The number of fused-ring (bicyclic) bond motifs is 1. The van der Waals surface area contributed by atoms with Gasteiger partial charge < -0.3 is 10.2 Å². The highest BCUT2D eigenvalue weighted by Crippen LogP contribution is 2.28. The summed E-state index contributed by atoms with van der Waals surface area (Å²) in [6.07, 6.45) is 2.23. The summed E-state index contributed by atoms with van der Waals surface area (Å²) >= 11 is 0. The van der Waals surface area contributed by atoms with E-state index in [1.165, 1.54) is 24.4 Å². The van der Waals surface area contributed by atoms with Crippen LogP contribution in [0, 0.1) is 5.82 Å². The van der Waals surface area contributed by atoms with Crippen LogP contribution in [0.3, 0.4) is 0 Å². The molecule has 2 aromatic carbocycles. The first-order valence-electron chi connectivity index (χ1n) is 9.01. The second-order valence-corrected chi connectivity index (χ2v) is 6.54. The molecule has 140 valence electrons. The van der Waals surface area contributed by atoms with Gasteiger partial charge in [-0.3, -0.25) is 14.6 Å². The van der Waals surface area contributed by atoms with Crippen LogP contribution in [0.4, 0.5) is 10.1 Å². The second kappa shape index (κ2) is 7.60. The van der Waals surface area contributed by atoms with E-state index in [1.807, 2.05) is 24.3 Å². The molecule has 2 heterocycles. The third-order valence-electron chi connectivity index (χ3n) is 4.77. The van der Waals surface area contributed by atoms with Crippen LogP contribution < -0.4 is 10.2 Å². The molecule has 0 aliphatic carbocycles. The summed E-state index contributed by atoms with van der Waals surface area (Å²) in [6.45, 7) is 0.653. The Morgan fingerprint density at radius 1 is 1.07 bits per heavy atom. The SMILES string of the molecule is O=C(NCc1ccccc1F)c1ccnc(C(=O)N2CCc3ccccc32)c1. The summed E-state index contributed by atoms with van der Waals surface area (Å²) in [6, 6.07) is 17.0. The van der Waals surface area contributed by atoms with Gasteiger partial charge in [0.1, 0.15) is 11.5 Å². The zero-order chi connectivity index (χ0) is 19.5. The van der Waals surface area contributed by atoms with Gasteiger partial charge in [-0.05, 0) is 36.2 Å². The fraction of sp³-hybridized carbons (Fsp3) is 0.136. The zero-order valence-electron chi connectivity index (χ0n) is 15.1. The smallest absolute Gasteiger partial charge is 0.276 e. The number of amides is 2. The van der Waals surface area contributed by atoms with Crippen molar-refractivity contribution in [2.75, 3.05) is 11.4 Å². The molecule has 0 spiro atoms. The number of para-hydroxylation sites is 1. The van der Waals surface area contributed by atoms with E-state index in [4.69, 9.17) is 0 Å². The Morgan fingerprint density at radius 2 is 1.86 bits per heavy atom. The minimum absolute atomic E-state index is 0.0661. The second-order valence-electron chi connectivity index (χ2n) is 6.54. The minimum atomic E-state index is -0.387. The first-order chi connectivity index (χ1) is 13.6. The average Bonchev–Trinajstić information content (AvgIpc) is 3.16. The van der Waals surface area contributed by atoms with Crippen LogP contribution in [0.2, 0.25) is 0 Å². The van der Waals surface area contributed by atoms with E-state index < -0.39 is 0 Å². The molecule has 0 saturated carbocycles. The van der Waals surface area contributed by atoms with Gasteiger partial charge in [0.25, 0.3) is 11.8 Å². The Balaban J connectivity index is 1.49. The Kier molecular flexibility index (Phi) is 4.85. The van der Waals surface area contributed by atoms with Crippen LogP contribution in [0.1, 0.15) is 32.0 Å². The van der Waals surface area contributed by atoms with Crippen molar-refractivity contribution in [2.45, 2.75) is 13.0 Å². The molecule has 0 atom stereocenters. The number of hydrogen-bond donors (Lipinski definition) is 1. The van der Waals surface area contributed by atoms with Gasteiger partial charge in [-0.1, -0.05) is 36.4 Å². The van der Waals surface area contributed by atoms with Gasteiger partial charge in [0.05, 0.1) is 0 Å². The third-order valence-corrected chi connectivity index (χ3v) is 4.77. The standard InChI is InChI=1S/C22H18FN3O2/c23-18-7-3-1-6-17(18)14-25-21(27)16-9-11-24-19(13-16)22(28)26-12-10-15-5-2-4-8-20(15)26/h1-9,11,13H,10,12,14H2,(H,25,27). The lowest BCUT2D eigenvalue weighted by Gasteiger charge is -2.17. The summed E-state index contributed by atoms with van der Waals surface area (Å²) in [7, 11) is 0. The molecule has 0 radical (unpaired) electrons. The van der Waals surface area contributed by atoms with Gasteiger partial charge in [-0.25, -0.2) is 4.39 Å². The van der Waals surface area contributed by atoms with Crippen molar-refractivity contribution < 1.29 is 14.0 Å². The van der Waals surface area contributed by atoms with Gasteiger partial charge in [-0.2, -0.15) is 0 Å². The minimum Gasteiger partial charge on any atom is -0.348 e. The predicted octanol–water partition coefficient (Wildman–Crippen LogP) is 3.35. The molecule has 1 aliphatic heterocycles. The van der Waals surface area contributed by atoms with Gasteiger partial charge >= 0.3 is 0 Å². The van der Waals surface area contributed by atoms with Crippen molar-refractivity contribution in [2.24, 2.45) is 0 Å². The summed E-state index contributed by atoms with van der Waals surface area (Å²) < 4.78 is 13.7. The first-order valence-corrected chi connectivity index (χ1v) is 9.01. The number of nitrogens with one attached hydrogen (secondary N) is 1. The van der Waals surface area contributed by atoms with Crippen molar-refractivity contribution in [3.8, 4) is 0 Å². The van der Waals surface area contributed by atoms with Crippen LogP contribution in [0.25, 0.3) is 0 Å². The fourth-order valence-electron chi connectivity index (χ4n) is 3.30. The highest BCUT2D eigenvalue weighted by atomic mass is 19.1. The molecule has 2 amide bonds. The highest BCUT2D eigenvalue weighted by Gasteiger charge is 2.26. The predicted molar refractivity (Wildman–Crippen MR) is 104 cm³/mol. The van der Waals surface area contributed by atoms with Gasteiger partial charge in [0, 0.05) is 36.1 Å². The molecule has 1 aromatic heterocycles. The molecule has 1 aliphatic rings. The molecule has 1 N–H and O–H groups in total. The maximum atomic E-state index is 13.7. The molecular weight excluding hydrogens is 357 g/mol.